The van der Waals surface area contributed by atoms with Crippen molar-refractivity contribution in [3.8, 4) is 0 Å². The van der Waals surface area contributed by atoms with E-state index in [-0.39, 0.29) is 23.4 Å². The number of anilines is 1. The van der Waals surface area contributed by atoms with E-state index in [1.807, 2.05) is 32.9 Å². The maximum absolute atomic E-state index is 12.4. The molecule has 0 saturated heterocycles. The predicted molar refractivity (Wildman–Crippen MR) is 86.4 cm³/mol. The fourth-order valence-electron chi connectivity index (χ4n) is 3.04. The molecule has 1 aliphatic heterocycles. The lowest BCUT2D eigenvalue weighted by Crippen LogP contribution is -2.27. The summed E-state index contributed by atoms with van der Waals surface area (Å²) in [5, 5.41) is 5.70. The van der Waals surface area contributed by atoms with Crippen molar-refractivity contribution in [2.24, 2.45) is 0 Å². The predicted octanol–water partition coefficient (Wildman–Crippen LogP) is 2.85. The highest BCUT2D eigenvalue weighted by atomic mass is 16.2. The monoisotopic (exact) mass is 299 g/mol. The van der Waals surface area contributed by atoms with E-state index in [0.717, 1.165) is 5.56 Å². The number of carbonyl (C=O) groups excluding carboxylic acids is 1. The molecule has 0 spiro atoms. The van der Waals surface area contributed by atoms with Crippen LogP contribution in [0.3, 0.4) is 0 Å². The van der Waals surface area contributed by atoms with Crippen molar-refractivity contribution in [2.75, 3.05) is 5.32 Å². The molecule has 5 heteroatoms. The van der Waals surface area contributed by atoms with Crippen molar-refractivity contribution in [3.63, 3.8) is 0 Å². The van der Waals surface area contributed by atoms with Gasteiger partial charge in [0, 0.05) is 18.4 Å². The molecule has 0 saturated carbocycles. The molecule has 0 bridgehead atoms. The van der Waals surface area contributed by atoms with Gasteiger partial charge in [-0.05, 0) is 44.4 Å². The van der Waals surface area contributed by atoms with E-state index in [1.165, 1.54) is 11.1 Å². The molecule has 116 valence electrons. The molecule has 0 fully saturated rings. The van der Waals surface area contributed by atoms with E-state index in [4.69, 9.17) is 0 Å². The van der Waals surface area contributed by atoms with Gasteiger partial charge in [-0.25, -0.2) is 0 Å². The molecule has 0 radical (unpaired) electrons. The highest BCUT2D eigenvalue weighted by Crippen LogP contribution is 2.36. The smallest absolute Gasteiger partial charge is 0.270 e. The summed E-state index contributed by atoms with van der Waals surface area (Å²) in [6, 6.07) is 6.22. The van der Waals surface area contributed by atoms with Crippen molar-refractivity contribution in [3.05, 3.63) is 50.8 Å². The lowest BCUT2D eigenvalue weighted by molar-refractivity contribution is -0.116. The molecule has 2 heterocycles. The van der Waals surface area contributed by atoms with Gasteiger partial charge < -0.3 is 5.32 Å². The summed E-state index contributed by atoms with van der Waals surface area (Å²) >= 11 is 0. The van der Waals surface area contributed by atoms with Crippen LogP contribution in [-0.4, -0.2) is 15.7 Å². The largest absolute Gasteiger partial charge is 0.311 e. The summed E-state index contributed by atoms with van der Waals surface area (Å²) in [4.78, 5) is 24.5. The Labute approximate surface area is 129 Å². The zero-order valence-corrected chi connectivity index (χ0v) is 13.4. The number of fused-ring (bicyclic) bond motifs is 1. The highest BCUT2D eigenvalue weighted by Gasteiger charge is 2.33. The van der Waals surface area contributed by atoms with Crippen molar-refractivity contribution in [1.82, 2.24) is 9.78 Å². The van der Waals surface area contributed by atoms with Gasteiger partial charge in [-0.1, -0.05) is 18.2 Å². The van der Waals surface area contributed by atoms with E-state index >= 15 is 0 Å². The van der Waals surface area contributed by atoms with Gasteiger partial charge in [0.15, 0.2) is 0 Å². The van der Waals surface area contributed by atoms with Gasteiger partial charge >= 0.3 is 0 Å². The van der Waals surface area contributed by atoms with Crippen molar-refractivity contribution in [1.29, 1.82) is 0 Å². The number of rotatable bonds is 2. The number of H-pyrrole nitrogens is 1. The number of nitrogens with zero attached hydrogens (tertiary/aromatic N) is 1. The van der Waals surface area contributed by atoms with Crippen molar-refractivity contribution < 1.29 is 4.79 Å². The number of aromatic nitrogens is 2. The molecule has 1 atom stereocenters. The first kappa shape index (κ1) is 14.6. The standard InChI is InChI=1S/C17H21N3O2/c1-9(2)20-16-15(17(22)19-20)13(8-14(21)18-16)12-6-5-10(3)11(4)7-12/h5-7,9,13H,8H2,1-4H3,(H,18,21)(H,19,22)/t13-/m0/s1. The second kappa shape index (κ2) is 5.16. The Morgan fingerprint density at radius 2 is 1.91 bits per heavy atom. The number of hydrogen-bond donors (Lipinski definition) is 2. The van der Waals surface area contributed by atoms with Crippen LogP contribution < -0.4 is 10.9 Å². The normalized spacial score (nSPS) is 17.5. The lowest BCUT2D eigenvalue weighted by atomic mass is 9.86. The number of benzene rings is 1. The zero-order chi connectivity index (χ0) is 16.0. The SMILES string of the molecule is Cc1ccc([C@@H]2CC(=O)Nc3c2c(=O)[nH]n3C(C)C)cc1C. The molecule has 1 aromatic heterocycles. The third kappa shape index (κ3) is 2.26. The lowest BCUT2D eigenvalue weighted by Gasteiger charge is -2.24. The van der Waals surface area contributed by atoms with Gasteiger partial charge in [-0.15, -0.1) is 0 Å². The number of carbonyl (C=O) groups is 1. The maximum Gasteiger partial charge on any atom is 0.270 e. The molecule has 22 heavy (non-hydrogen) atoms. The third-order valence-electron chi connectivity index (χ3n) is 4.41. The average Bonchev–Trinajstić information content (AvgIpc) is 2.78. The highest BCUT2D eigenvalue weighted by molar-refractivity contribution is 5.94. The fourth-order valence-corrected chi connectivity index (χ4v) is 3.04. The second-order valence-electron chi connectivity index (χ2n) is 6.32. The molecule has 0 unspecified atom stereocenters. The Bertz CT molecular complexity index is 799. The summed E-state index contributed by atoms with van der Waals surface area (Å²) in [6.45, 7) is 8.05. The van der Waals surface area contributed by atoms with E-state index in [2.05, 4.69) is 23.4 Å². The van der Waals surface area contributed by atoms with E-state index in [9.17, 15) is 9.59 Å². The molecule has 2 aromatic rings. The quantitative estimate of drug-likeness (QED) is 0.895. The minimum Gasteiger partial charge on any atom is -0.311 e. The number of aryl methyl sites for hydroxylation is 2. The molecule has 1 aliphatic rings. The summed E-state index contributed by atoms with van der Waals surface area (Å²) in [5.41, 5.74) is 3.94. The zero-order valence-electron chi connectivity index (χ0n) is 13.4. The minimum atomic E-state index is -0.188. The molecule has 1 amide bonds. The van der Waals surface area contributed by atoms with Crippen LogP contribution in [0, 0.1) is 13.8 Å². The molecule has 1 aromatic carbocycles. The van der Waals surface area contributed by atoms with Gasteiger partial charge in [0.25, 0.3) is 5.56 Å². The third-order valence-corrected chi connectivity index (χ3v) is 4.41. The summed E-state index contributed by atoms with van der Waals surface area (Å²) in [6.07, 6.45) is 0.306. The van der Waals surface area contributed by atoms with E-state index in [1.54, 1.807) is 4.68 Å². The van der Waals surface area contributed by atoms with Gasteiger partial charge in [-0.3, -0.25) is 19.4 Å². The van der Waals surface area contributed by atoms with Crippen LogP contribution >= 0.6 is 0 Å². The Morgan fingerprint density at radius 1 is 1.18 bits per heavy atom. The second-order valence-corrected chi connectivity index (χ2v) is 6.32. The van der Waals surface area contributed by atoms with Crippen LogP contribution in [0.2, 0.25) is 0 Å². The van der Waals surface area contributed by atoms with Crippen LogP contribution in [0.4, 0.5) is 5.82 Å². The van der Waals surface area contributed by atoms with Gasteiger partial charge in [0.1, 0.15) is 5.82 Å². The van der Waals surface area contributed by atoms with Crippen molar-refractivity contribution >= 4 is 11.7 Å². The van der Waals surface area contributed by atoms with Crippen LogP contribution in [-0.2, 0) is 4.79 Å². The number of amides is 1. The summed E-state index contributed by atoms with van der Waals surface area (Å²) in [5.74, 6) is 0.371. The number of hydrogen-bond acceptors (Lipinski definition) is 2. The Balaban J connectivity index is 2.18. The molecule has 5 nitrogen and oxygen atoms in total. The molecule has 3 rings (SSSR count). The molecule has 0 aliphatic carbocycles. The van der Waals surface area contributed by atoms with E-state index in [0.29, 0.717) is 17.8 Å². The Kier molecular flexibility index (Phi) is 3.43. The maximum atomic E-state index is 12.4. The topological polar surface area (TPSA) is 66.9 Å². The van der Waals surface area contributed by atoms with Crippen LogP contribution in [0.5, 0.6) is 0 Å². The molecule has 2 N–H and O–H groups in total. The first-order valence-corrected chi connectivity index (χ1v) is 7.60. The van der Waals surface area contributed by atoms with Crippen LogP contribution in [0.15, 0.2) is 23.0 Å². The molecular formula is C17H21N3O2. The van der Waals surface area contributed by atoms with Gasteiger partial charge in [-0.2, -0.15) is 0 Å². The summed E-state index contributed by atoms with van der Waals surface area (Å²) < 4.78 is 1.74. The van der Waals surface area contributed by atoms with Gasteiger partial charge in [0.05, 0.1) is 5.56 Å². The number of nitrogens with one attached hydrogen (secondary N) is 2. The first-order valence-electron chi connectivity index (χ1n) is 7.60. The van der Waals surface area contributed by atoms with E-state index < -0.39 is 0 Å². The van der Waals surface area contributed by atoms with Gasteiger partial charge in [0.2, 0.25) is 5.91 Å². The van der Waals surface area contributed by atoms with Crippen LogP contribution in [0.25, 0.3) is 0 Å². The van der Waals surface area contributed by atoms with Crippen LogP contribution in [0.1, 0.15) is 54.5 Å². The Hall–Kier alpha value is -2.30. The Morgan fingerprint density at radius 3 is 2.55 bits per heavy atom. The first-order chi connectivity index (χ1) is 10.4. The molecular weight excluding hydrogens is 278 g/mol. The summed E-state index contributed by atoms with van der Waals surface area (Å²) in [7, 11) is 0. The van der Waals surface area contributed by atoms with Crippen molar-refractivity contribution in [2.45, 2.75) is 46.1 Å². The average molecular weight is 299 g/mol. The minimum absolute atomic E-state index is 0.0517. The fraction of sp³-hybridized carbons (Fsp3) is 0.412. The number of aromatic amines is 1.